The maximum absolute atomic E-state index is 12.3. The van der Waals surface area contributed by atoms with E-state index in [0.717, 1.165) is 6.54 Å². The third-order valence-corrected chi connectivity index (χ3v) is 4.87. The van der Waals surface area contributed by atoms with Crippen LogP contribution < -0.4 is 4.72 Å². The van der Waals surface area contributed by atoms with Crippen molar-refractivity contribution in [1.82, 2.24) is 9.62 Å². The van der Waals surface area contributed by atoms with Crippen LogP contribution in [0.4, 0.5) is 0 Å². The van der Waals surface area contributed by atoms with Gasteiger partial charge in [-0.1, -0.05) is 0 Å². The summed E-state index contributed by atoms with van der Waals surface area (Å²) in [5.41, 5.74) is 0.313. The molecule has 7 nitrogen and oxygen atoms in total. The smallest absolute Gasteiger partial charge is 0.244 e. The molecule has 1 rings (SSSR count). The number of ether oxygens (including phenoxy) is 1. The van der Waals surface area contributed by atoms with Crippen molar-refractivity contribution in [2.75, 3.05) is 40.4 Å². The van der Waals surface area contributed by atoms with Crippen LogP contribution in [0.3, 0.4) is 0 Å². The highest BCUT2D eigenvalue weighted by molar-refractivity contribution is 7.89. The molecule has 0 spiro atoms. The minimum Gasteiger partial charge on any atom is -0.465 e. The van der Waals surface area contributed by atoms with Gasteiger partial charge in [0.15, 0.2) is 0 Å². The fraction of sp³-hybridized carbons (Fsp3) is 0.692. The average Bonchev–Trinajstić information content (AvgIpc) is 2.70. The predicted molar refractivity (Wildman–Crippen MR) is 78.7 cm³/mol. The highest BCUT2D eigenvalue weighted by Crippen LogP contribution is 2.26. The van der Waals surface area contributed by atoms with E-state index >= 15 is 0 Å². The lowest BCUT2D eigenvalue weighted by molar-refractivity contribution is 0.162. The molecule has 0 aliphatic carbocycles. The van der Waals surface area contributed by atoms with Crippen molar-refractivity contribution in [3.05, 3.63) is 17.1 Å². The van der Waals surface area contributed by atoms with E-state index in [2.05, 4.69) is 4.72 Å². The minimum absolute atomic E-state index is 0.0436. The summed E-state index contributed by atoms with van der Waals surface area (Å²) < 4.78 is 37.4. The molecule has 0 saturated carbocycles. The van der Waals surface area contributed by atoms with Crippen LogP contribution in [-0.2, 0) is 21.4 Å². The Bertz CT molecular complexity index is 553. The minimum atomic E-state index is -3.69. The van der Waals surface area contributed by atoms with Crippen LogP contribution in [0.2, 0.25) is 0 Å². The summed E-state index contributed by atoms with van der Waals surface area (Å²) in [4.78, 5) is 2.01. The van der Waals surface area contributed by atoms with E-state index < -0.39 is 10.0 Å². The van der Waals surface area contributed by atoms with E-state index in [0.29, 0.717) is 24.5 Å². The Balaban J connectivity index is 2.70. The molecule has 8 heteroatoms. The first-order valence-corrected chi connectivity index (χ1v) is 8.18. The molecular weight excluding hydrogens is 296 g/mol. The topological polar surface area (TPSA) is 92.0 Å². The molecule has 0 aliphatic rings. The van der Waals surface area contributed by atoms with Crippen molar-refractivity contribution in [2.24, 2.45) is 0 Å². The van der Waals surface area contributed by atoms with E-state index in [-0.39, 0.29) is 23.8 Å². The molecule has 0 aromatic carbocycles. The quantitative estimate of drug-likeness (QED) is 0.677. The number of aliphatic hydroxyl groups is 1. The summed E-state index contributed by atoms with van der Waals surface area (Å²) in [6.45, 7) is 5.00. The molecule has 2 N–H and O–H groups in total. The number of aliphatic hydroxyl groups excluding tert-OH is 1. The zero-order valence-corrected chi connectivity index (χ0v) is 13.8. The van der Waals surface area contributed by atoms with Crippen LogP contribution in [0, 0.1) is 13.8 Å². The van der Waals surface area contributed by atoms with Gasteiger partial charge < -0.3 is 19.2 Å². The zero-order valence-electron chi connectivity index (χ0n) is 13.0. The van der Waals surface area contributed by atoms with Crippen molar-refractivity contribution in [1.29, 1.82) is 0 Å². The number of aryl methyl sites for hydroxylation is 2. The number of rotatable bonds is 9. The number of furan rings is 1. The van der Waals surface area contributed by atoms with Crippen LogP contribution in [0.5, 0.6) is 0 Å². The second kappa shape index (κ2) is 7.90. The summed E-state index contributed by atoms with van der Waals surface area (Å²) in [7, 11) is -0.180. The van der Waals surface area contributed by atoms with Crippen LogP contribution in [0.1, 0.15) is 17.1 Å². The molecule has 0 aliphatic heterocycles. The summed E-state index contributed by atoms with van der Waals surface area (Å²) >= 11 is 0. The SMILES string of the molecule is COCCN(C)CCNS(=O)(=O)c1c(C)oc(C)c1CO. The standard InChI is InChI=1S/C13H24N2O5S/c1-10-12(9-16)13(11(2)20-10)21(17,18)14-5-6-15(3)7-8-19-4/h14,16H,5-9H2,1-4H3. The molecular formula is C13H24N2O5S. The Kier molecular flexibility index (Phi) is 6.82. The summed E-state index contributed by atoms with van der Waals surface area (Å²) in [5, 5.41) is 9.31. The van der Waals surface area contributed by atoms with Gasteiger partial charge in [0, 0.05) is 32.3 Å². The Labute approximate surface area is 125 Å². The van der Waals surface area contributed by atoms with Gasteiger partial charge in [0.2, 0.25) is 10.0 Å². The van der Waals surface area contributed by atoms with Gasteiger partial charge in [-0.05, 0) is 20.9 Å². The fourth-order valence-electron chi connectivity index (χ4n) is 2.05. The molecule has 1 heterocycles. The maximum atomic E-state index is 12.3. The van der Waals surface area contributed by atoms with E-state index in [1.165, 1.54) is 0 Å². The highest BCUT2D eigenvalue weighted by Gasteiger charge is 2.26. The molecule has 21 heavy (non-hydrogen) atoms. The average molecular weight is 320 g/mol. The lowest BCUT2D eigenvalue weighted by atomic mass is 10.2. The second-order valence-corrected chi connectivity index (χ2v) is 6.58. The van der Waals surface area contributed by atoms with Gasteiger partial charge in [-0.3, -0.25) is 0 Å². The third-order valence-electron chi connectivity index (χ3n) is 3.21. The molecule has 0 saturated heterocycles. The van der Waals surface area contributed by atoms with Crippen LogP contribution >= 0.6 is 0 Å². The Morgan fingerprint density at radius 3 is 2.52 bits per heavy atom. The zero-order chi connectivity index (χ0) is 16.0. The van der Waals surface area contributed by atoms with E-state index in [1.54, 1.807) is 21.0 Å². The van der Waals surface area contributed by atoms with Gasteiger partial charge in [-0.2, -0.15) is 0 Å². The number of methoxy groups -OCH3 is 1. The van der Waals surface area contributed by atoms with Gasteiger partial charge in [0.05, 0.1) is 13.2 Å². The van der Waals surface area contributed by atoms with Crippen molar-refractivity contribution in [3.63, 3.8) is 0 Å². The lowest BCUT2D eigenvalue weighted by Gasteiger charge is -2.16. The van der Waals surface area contributed by atoms with Gasteiger partial charge in [-0.15, -0.1) is 0 Å². The van der Waals surface area contributed by atoms with Crippen molar-refractivity contribution >= 4 is 10.0 Å². The van der Waals surface area contributed by atoms with Crippen molar-refractivity contribution in [3.8, 4) is 0 Å². The Morgan fingerprint density at radius 2 is 1.95 bits per heavy atom. The first-order valence-electron chi connectivity index (χ1n) is 6.70. The Hall–Kier alpha value is -0.930. The maximum Gasteiger partial charge on any atom is 0.244 e. The first-order chi connectivity index (χ1) is 9.83. The summed E-state index contributed by atoms with van der Waals surface area (Å²) in [5.74, 6) is 0.712. The van der Waals surface area contributed by atoms with Crippen molar-refractivity contribution in [2.45, 2.75) is 25.3 Å². The normalized spacial score (nSPS) is 12.3. The molecule has 122 valence electrons. The summed E-state index contributed by atoms with van der Waals surface area (Å²) in [6, 6.07) is 0. The monoisotopic (exact) mass is 320 g/mol. The van der Waals surface area contributed by atoms with Crippen LogP contribution in [-0.4, -0.2) is 58.8 Å². The fourth-order valence-corrected chi connectivity index (χ4v) is 3.50. The van der Waals surface area contributed by atoms with Crippen LogP contribution in [0.25, 0.3) is 0 Å². The molecule has 0 amide bonds. The second-order valence-electron chi connectivity index (χ2n) is 4.87. The van der Waals surface area contributed by atoms with Crippen molar-refractivity contribution < 1.29 is 22.7 Å². The highest BCUT2D eigenvalue weighted by atomic mass is 32.2. The number of nitrogens with one attached hydrogen (secondary N) is 1. The lowest BCUT2D eigenvalue weighted by Crippen LogP contribution is -2.34. The predicted octanol–water partition coefficient (Wildman–Crippen LogP) is 0.245. The molecule has 0 fully saturated rings. The molecule has 0 bridgehead atoms. The molecule has 0 radical (unpaired) electrons. The Morgan fingerprint density at radius 1 is 1.29 bits per heavy atom. The number of sulfonamides is 1. The number of nitrogens with zero attached hydrogens (tertiary/aromatic N) is 1. The van der Waals surface area contributed by atoms with E-state index in [9.17, 15) is 13.5 Å². The number of hydrogen-bond donors (Lipinski definition) is 2. The molecule has 1 aromatic rings. The molecule has 0 atom stereocenters. The summed E-state index contributed by atoms with van der Waals surface area (Å²) in [6.07, 6.45) is 0. The van der Waals surface area contributed by atoms with Gasteiger partial charge >= 0.3 is 0 Å². The third kappa shape index (κ3) is 4.79. The van der Waals surface area contributed by atoms with Gasteiger partial charge in [-0.25, -0.2) is 13.1 Å². The van der Waals surface area contributed by atoms with Gasteiger partial charge in [0.25, 0.3) is 0 Å². The van der Waals surface area contributed by atoms with Crippen LogP contribution in [0.15, 0.2) is 9.31 Å². The first kappa shape index (κ1) is 18.1. The van der Waals surface area contributed by atoms with Gasteiger partial charge in [0.1, 0.15) is 16.4 Å². The number of likely N-dealkylation sites (N-methyl/N-ethyl adjacent to an activating group) is 1. The van der Waals surface area contributed by atoms with E-state index in [4.69, 9.17) is 9.15 Å². The number of hydrogen-bond acceptors (Lipinski definition) is 6. The molecule has 0 unspecified atom stereocenters. The molecule has 1 aromatic heterocycles. The largest absolute Gasteiger partial charge is 0.465 e. The van der Waals surface area contributed by atoms with E-state index in [1.807, 2.05) is 11.9 Å².